The highest BCUT2D eigenvalue weighted by molar-refractivity contribution is 5.91. The van der Waals surface area contributed by atoms with E-state index in [4.69, 9.17) is 0 Å². The van der Waals surface area contributed by atoms with Gasteiger partial charge in [-0.2, -0.15) is 0 Å². The molecule has 0 fully saturated rings. The van der Waals surface area contributed by atoms with Gasteiger partial charge in [0, 0.05) is 25.2 Å². The number of hydrogen-bond acceptors (Lipinski definition) is 2. The number of halogens is 1. The quantitative estimate of drug-likeness (QED) is 0.800. The molecule has 2 N–H and O–H groups in total. The van der Waals surface area contributed by atoms with Crippen LogP contribution in [-0.2, 0) is 11.3 Å². The SMILES string of the molecule is Cc1ccccc1NC(=O)CCNCc1ccc(F)cc1. The van der Waals surface area contributed by atoms with Crippen molar-refractivity contribution in [2.45, 2.75) is 19.9 Å². The number of amides is 1. The monoisotopic (exact) mass is 286 g/mol. The number of benzene rings is 2. The van der Waals surface area contributed by atoms with Crippen LogP contribution in [0.2, 0.25) is 0 Å². The minimum absolute atomic E-state index is 0.0177. The maximum absolute atomic E-state index is 12.7. The average molecular weight is 286 g/mol. The highest BCUT2D eigenvalue weighted by Crippen LogP contribution is 2.13. The van der Waals surface area contributed by atoms with Crippen LogP contribution >= 0.6 is 0 Å². The van der Waals surface area contributed by atoms with Crippen molar-refractivity contribution >= 4 is 11.6 Å². The molecule has 2 aromatic rings. The first kappa shape index (κ1) is 15.2. The van der Waals surface area contributed by atoms with Gasteiger partial charge >= 0.3 is 0 Å². The number of para-hydroxylation sites is 1. The summed E-state index contributed by atoms with van der Waals surface area (Å²) in [4.78, 5) is 11.8. The third-order valence-electron chi connectivity index (χ3n) is 3.19. The third-order valence-corrected chi connectivity index (χ3v) is 3.19. The Morgan fingerprint density at radius 1 is 1.10 bits per heavy atom. The fourth-order valence-electron chi connectivity index (χ4n) is 1.96. The summed E-state index contributed by atoms with van der Waals surface area (Å²) in [6.07, 6.45) is 0.398. The lowest BCUT2D eigenvalue weighted by Gasteiger charge is -2.08. The molecule has 3 nitrogen and oxygen atoms in total. The van der Waals surface area contributed by atoms with Crippen LogP contribution in [0.3, 0.4) is 0 Å². The molecule has 0 saturated heterocycles. The van der Waals surface area contributed by atoms with Gasteiger partial charge in [-0.1, -0.05) is 30.3 Å². The Hall–Kier alpha value is -2.20. The molecule has 0 spiro atoms. The lowest BCUT2D eigenvalue weighted by molar-refractivity contribution is -0.116. The van der Waals surface area contributed by atoms with Gasteiger partial charge in [0.25, 0.3) is 0 Å². The van der Waals surface area contributed by atoms with Gasteiger partial charge in [0.1, 0.15) is 5.82 Å². The summed E-state index contributed by atoms with van der Waals surface area (Å²) < 4.78 is 12.7. The lowest BCUT2D eigenvalue weighted by Crippen LogP contribution is -2.21. The minimum atomic E-state index is -0.239. The molecule has 110 valence electrons. The molecular formula is C17H19FN2O. The Morgan fingerprint density at radius 3 is 2.52 bits per heavy atom. The van der Waals surface area contributed by atoms with Gasteiger partial charge in [0.05, 0.1) is 0 Å². The van der Waals surface area contributed by atoms with Gasteiger partial charge in [-0.3, -0.25) is 4.79 Å². The summed E-state index contributed by atoms with van der Waals surface area (Å²) in [7, 11) is 0. The zero-order valence-corrected chi connectivity index (χ0v) is 12.0. The van der Waals surface area contributed by atoms with Crippen molar-refractivity contribution < 1.29 is 9.18 Å². The van der Waals surface area contributed by atoms with E-state index in [1.807, 2.05) is 31.2 Å². The van der Waals surface area contributed by atoms with E-state index >= 15 is 0 Å². The summed E-state index contributed by atoms with van der Waals surface area (Å²) in [6.45, 7) is 3.16. The number of aryl methyl sites for hydroxylation is 1. The Kier molecular flexibility index (Phi) is 5.46. The van der Waals surface area contributed by atoms with Gasteiger partial charge in [0.15, 0.2) is 0 Å². The highest BCUT2D eigenvalue weighted by atomic mass is 19.1. The van der Waals surface area contributed by atoms with Crippen molar-refractivity contribution in [1.29, 1.82) is 0 Å². The Bertz CT molecular complexity index is 596. The van der Waals surface area contributed by atoms with Crippen LogP contribution in [0.4, 0.5) is 10.1 Å². The largest absolute Gasteiger partial charge is 0.326 e. The van der Waals surface area contributed by atoms with E-state index in [9.17, 15) is 9.18 Å². The molecule has 0 atom stereocenters. The van der Waals surface area contributed by atoms with Gasteiger partial charge in [0.2, 0.25) is 5.91 Å². The predicted octanol–water partition coefficient (Wildman–Crippen LogP) is 3.25. The molecule has 4 heteroatoms. The standard InChI is InChI=1S/C17H19FN2O/c1-13-4-2-3-5-16(13)20-17(21)10-11-19-12-14-6-8-15(18)9-7-14/h2-9,19H,10-12H2,1H3,(H,20,21). The van der Waals surface area contributed by atoms with E-state index in [0.717, 1.165) is 16.8 Å². The number of hydrogen-bond donors (Lipinski definition) is 2. The van der Waals surface area contributed by atoms with Crippen molar-refractivity contribution in [2.24, 2.45) is 0 Å². The average Bonchev–Trinajstić information content (AvgIpc) is 2.48. The van der Waals surface area contributed by atoms with Crippen LogP contribution < -0.4 is 10.6 Å². The minimum Gasteiger partial charge on any atom is -0.326 e. The molecule has 0 saturated carbocycles. The van der Waals surface area contributed by atoms with Crippen LogP contribution in [0.1, 0.15) is 17.5 Å². The molecule has 0 aliphatic rings. The summed E-state index contributed by atoms with van der Waals surface area (Å²) in [5.74, 6) is -0.257. The summed E-state index contributed by atoms with van der Waals surface area (Å²) in [6, 6.07) is 14.0. The molecule has 0 aliphatic carbocycles. The van der Waals surface area contributed by atoms with Gasteiger partial charge in [-0.25, -0.2) is 4.39 Å². The number of anilines is 1. The van der Waals surface area contributed by atoms with Gasteiger partial charge in [-0.05, 0) is 36.2 Å². The molecule has 0 bridgehead atoms. The van der Waals surface area contributed by atoms with E-state index in [2.05, 4.69) is 10.6 Å². The molecule has 2 rings (SSSR count). The molecule has 0 radical (unpaired) electrons. The first-order valence-corrected chi connectivity index (χ1v) is 6.96. The Morgan fingerprint density at radius 2 is 1.81 bits per heavy atom. The smallest absolute Gasteiger partial charge is 0.225 e. The molecule has 0 heterocycles. The molecule has 1 amide bonds. The second kappa shape index (κ2) is 7.55. The highest BCUT2D eigenvalue weighted by Gasteiger charge is 2.03. The normalized spacial score (nSPS) is 10.4. The van der Waals surface area contributed by atoms with E-state index in [-0.39, 0.29) is 11.7 Å². The molecule has 21 heavy (non-hydrogen) atoms. The Labute approximate surface area is 124 Å². The van der Waals surface area contributed by atoms with Crippen LogP contribution in [0.15, 0.2) is 48.5 Å². The van der Waals surface area contributed by atoms with Crippen molar-refractivity contribution in [3.63, 3.8) is 0 Å². The van der Waals surface area contributed by atoms with Crippen LogP contribution in [0, 0.1) is 12.7 Å². The fraction of sp³-hybridized carbons (Fsp3) is 0.235. The Balaban J connectivity index is 1.70. The number of carbonyl (C=O) groups is 1. The molecule has 0 aromatic heterocycles. The van der Waals surface area contributed by atoms with Gasteiger partial charge < -0.3 is 10.6 Å². The first-order chi connectivity index (χ1) is 10.1. The zero-order valence-electron chi connectivity index (χ0n) is 12.0. The third kappa shape index (κ3) is 5.00. The van der Waals surface area contributed by atoms with Crippen molar-refractivity contribution in [3.05, 3.63) is 65.5 Å². The van der Waals surface area contributed by atoms with E-state index in [0.29, 0.717) is 19.5 Å². The lowest BCUT2D eigenvalue weighted by atomic mass is 10.2. The second-order valence-electron chi connectivity index (χ2n) is 4.92. The van der Waals surface area contributed by atoms with Gasteiger partial charge in [-0.15, -0.1) is 0 Å². The summed E-state index contributed by atoms with van der Waals surface area (Å²) in [5, 5.41) is 6.06. The molecule has 0 unspecified atom stereocenters. The fourth-order valence-corrected chi connectivity index (χ4v) is 1.96. The number of nitrogens with one attached hydrogen (secondary N) is 2. The van der Waals surface area contributed by atoms with Crippen LogP contribution in [0.25, 0.3) is 0 Å². The molecular weight excluding hydrogens is 267 g/mol. The van der Waals surface area contributed by atoms with Crippen molar-refractivity contribution in [3.8, 4) is 0 Å². The molecule has 0 aliphatic heterocycles. The topological polar surface area (TPSA) is 41.1 Å². The number of carbonyl (C=O) groups excluding carboxylic acids is 1. The zero-order chi connectivity index (χ0) is 15.1. The number of rotatable bonds is 6. The van der Waals surface area contributed by atoms with Crippen molar-refractivity contribution in [2.75, 3.05) is 11.9 Å². The summed E-state index contributed by atoms with van der Waals surface area (Å²) >= 11 is 0. The maximum Gasteiger partial charge on any atom is 0.225 e. The first-order valence-electron chi connectivity index (χ1n) is 6.96. The van der Waals surface area contributed by atoms with E-state index in [1.54, 1.807) is 12.1 Å². The predicted molar refractivity (Wildman–Crippen MR) is 82.5 cm³/mol. The summed E-state index contributed by atoms with van der Waals surface area (Å²) in [5.41, 5.74) is 2.89. The van der Waals surface area contributed by atoms with Crippen LogP contribution in [-0.4, -0.2) is 12.5 Å². The second-order valence-corrected chi connectivity index (χ2v) is 4.92. The maximum atomic E-state index is 12.7. The van der Waals surface area contributed by atoms with Crippen molar-refractivity contribution in [1.82, 2.24) is 5.32 Å². The van der Waals surface area contributed by atoms with E-state index < -0.39 is 0 Å². The van der Waals surface area contributed by atoms with E-state index in [1.165, 1.54) is 12.1 Å². The molecule has 2 aromatic carbocycles. The van der Waals surface area contributed by atoms with Crippen LogP contribution in [0.5, 0.6) is 0 Å².